The van der Waals surface area contributed by atoms with Crippen molar-refractivity contribution in [3.8, 4) is 0 Å². The number of carbonyl (C=O) groups excluding carboxylic acids is 5. The summed E-state index contributed by atoms with van der Waals surface area (Å²) in [6.07, 6.45) is 3.84. The summed E-state index contributed by atoms with van der Waals surface area (Å²) >= 11 is 0. The zero-order valence-corrected chi connectivity index (χ0v) is 23.6. The van der Waals surface area contributed by atoms with E-state index in [0.717, 1.165) is 37.7 Å². The number of benzene rings is 1. The number of piperidine rings is 2. The molecule has 40 heavy (non-hydrogen) atoms. The second kappa shape index (κ2) is 15.8. The van der Waals surface area contributed by atoms with E-state index < -0.39 is 17.9 Å². The summed E-state index contributed by atoms with van der Waals surface area (Å²) in [5.74, 6) is -1.01. The number of hydrogen-bond donors (Lipinski definition) is 2. The Morgan fingerprint density at radius 1 is 0.975 bits per heavy atom. The number of ether oxygens (including phenoxy) is 2. The van der Waals surface area contributed by atoms with Crippen LogP contribution in [0.4, 0.5) is 4.79 Å². The van der Waals surface area contributed by atoms with Gasteiger partial charge in [-0.15, -0.1) is 0 Å². The third-order valence-electron chi connectivity index (χ3n) is 7.32. The molecule has 0 aromatic heterocycles. The highest BCUT2D eigenvalue weighted by atomic mass is 16.6. The third kappa shape index (κ3) is 10.2. The lowest BCUT2D eigenvalue weighted by Gasteiger charge is -2.34. The van der Waals surface area contributed by atoms with E-state index in [1.807, 2.05) is 30.3 Å². The molecule has 2 atom stereocenters. The molecule has 1 aromatic rings. The zero-order chi connectivity index (χ0) is 28.9. The average molecular weight is 559 g/mol. The third-order valence-corrected chi connectivity index (χ3v) is 7.32. The predicted octanol–water partition coefficient (Wildman–Crippen LogP) is 2.38. The first-order valence-electron chi connectivity index (χ1n) is 14.2. The van der Waals surface area contributed by atoms with Gasteiger partial charge in [-0.2, -0.15) is 0 Å². The fraction of sp³-hybridized carbons (Fsp3) is 0.621. The Bertz CT molecular complexity index is 1010. The normalized spacial score (nSPS) is 18.4. The molecular weight excluding hydrogens is 516 g/mol. The van der Waals surface area contributed by atoms with E-state index >= 15 is 0 Å². The van der Waals surface area contributed by atoms with Crippen molar-refractivity contribution in [3.63, 3.8) is 0 Å². The first-order valence-corrected chi connectivity index (χ1v) is 14.2. The number of nitrogens with one attached hydrogen (secondary N) is 2. The van der Waals surface area contributed by atoms with Crippen molar-refractivity contribution in [2.45, 2.75) is 77.5 Å². The quantitative estimate of drug-likeness (QED) is 0.398. The zero-order valence-electron chi connectivity index (χ0n) is 23.6. The van der Waals surface area contributed by atoms with Crippen LogP contribution in [0.1, 0.15) is 64.4 Å². The Morgan fingerprint density at radius 3 is 2.38 bits per heavy atom. The van der Waals surface area contributed by atoms with Crippen LogP contribution in [-0.2, 0) is 35.3 Å². The minimum Gasteiger partial charge on any atom is -0.464 e. The van der Waals surface area contributed by atoms with Crippen LogP contribution < -0.4 is 10.6 Å². The van der Waals surface area contributed by atoms with Crippen LogP contribution >= 0.6 is 0 Å². The molecule has 2 aliphatic rings. The van der Waals surface area contributed by atoms with Gasteiger partial charge in [-0.3, -0.25) is 14.4 Å². The van der Waals surface area contributed by atoms with Gasteiger partial charge < -0.3 is 29.9 Å². The molecule has 4 amide bonds. The molecule has 11 heteroatoms. The van der Waals surface area contributed by atoms with Crippen LogP contribution in [0.2, 0.25) is 0 Å². The maximum atomic E-state index is 12.9. The van der Waals surface area contributed by atoms with Gasteiger partial charge in [-0.1, -0.05) is 30.3 Å². The minimum absolute atomic E-state index is 0.0614. The van der Waals surface area contributed by atoms with Gasteiger partial charge in [0, 0.05) is 45.6 Å². The fourth-order valence-corrected chi connectivity index (χ4v) is 5.18. The molecule has 0 aliphatic carbocycles. The van der Waals surface area contributed by atoms with Crippen LogP contribution in [0.25, 0.3) is 0 Å². The number of likely N-dealkylation sites (tertiary alicyclic amines) is 2. The van der Waals surface area contributed by atoms with Crippen molar-refractivity contribution >= 4 is 29.8 Å². The summed E-state index contributed by atoms with van der Waals surface area (Å²) in [5, 5.41) is 5.37. The number of carbonyl (C=O) groups is 5. The highest BCUT2D eigenvalue weighted by molar-refractivity contribution is 5.89. The van der Waals surface area contributed by atoms with E-state index in [-0.39, 0.29) is 43.6 Å². The van der Waals surface area contributed by atoms with Crippen molar-refractivity contribution in [1.82, 2.24) is 20.4 Å². The van der Waals surface area contributed by atoms with Gasteiger partial charge in [0.05, 0.1) is 13.0 Å². The van der Waals surface area contributed by atoms with E-state index in [9.17, 15) is 24.0 Å². The van der Waals surface area contributed by atoms with Crippen LogP contribution in [0.15, 0.2) is 30.3 Å². The first-order chi connectivity index (χ1) is 19.2. The average Bonchev–Trinajstić information content (AvgIpc) is 2.95. The van der Waals surface area contributed by atoms with E-state index in [4.69, 9.17) is 9.47 Å². The second-order valence-corrected chi connectivity index (χ2v) is 10.5. The monoisotopic (exact) mass is 558 g/mol. The van der Waals surface area contributed by atoms with Gasteiger partial charge in [0.1, 0.15) is 12.6 Å². The Morgan fingerprint density at radius 2 is 1.70 bits per heavy atom. The molecule has 0 radical (unpaired) electrons. The molecule has 220 valence electrons. The number of rotatable bonds is 11. The number of esters is 1. The van der Waals surface area contributed by atoms with Gasteiger partial charge in [0.15, 0.2) is 0 Å². The maximum absolute atomic E-state index is 12.9. The molecule has 2 fully saturated rings. The molecule has 2 heterocycles. The van der Waals surface area contributed by atoms with Crippen molar-refractivity contribution in [2.24, 2.45) is 5.92 Å². The molecule has 0 saturated carbocycles. The molecule has 1 aromatic carbocycles. The summed E-state index contributed by atoms with van der Waals surface area (Å²) in [6, 6.07) is 8.33. The summed E-state index contributed by atoms with van der Waals surface area (Å²) in [6.45, 7) is 5.64. The minimum atomic E-state index is -1.05. The Kier molecular flexibility index (Phi) is 12.2. The molecule has 3 rings (SSSR count). The smallest absolute Gasteiger partial charge is 0.410 e. The highest BCUT2D eigenvalue weighted by Gasteiger charge is 2.29. The summed E-state index contributed by atoms with van der Waals surface area (Å²) < 4.78 is 10.4. The van der Waals surface area contributed by atoms with Crippen molar-refractivity contribution in [2.75, 3.05) is 32.8 Å². The molecule has 0 bridgehead atoms. The first kappa shape index (κ1) is 30.9. The van der Waals surface area contributed by atoms with Crippen LogP contribution in [-0.4, -0.2) is 84.5 Å². The van der Waals surface area contributed by atoms with Gasteiger partial charge in [-0.25, -0.2) is 9.59 Å². The Labute approximate surface area is 235 Å². The molecule has 2 aliphatic heterocycles. The van der Waals surface area contributed by atoms with Crippen LogP contribution in [0, 0.1) is 5.92 Å². The summed E-state index contributed by atoms with van der Waals surface area (Å²) in [4.78, 5) is 65.0. The molecule has 11 nitrogen and oxygen atoms in total. The Hall–Kier alpha value is -3.63. The predicted molar refractivity (Wildman–Crippen MR) is 147 cm³/mol. The molecule has 0 spiro atoms. The van der Waals surface area contributed by atoms with Crippen molar-refractivity contribution in [1.29, 1.82) is 0 Å². The number of hydrogen-bond acceptors (Lipinski definition) is 7. The summed E-state index contributed by atoms with van der Waals surface area (Å²) in [7, 11) is 0. The lowest BCUT2D eigenvalue weighted by Crippen LogP contribution is -2.51. The highest BCUT2D eigenvalue weighted by Crippen LogP contribution is 2.24. The van der Waals surface area contributed by atoms with Crippen molar-refractivity contribution < 1.29 is 33.4 Å². The van der Waals surface area contributed by atoms with Gasteiger partial charge in [-0.05, 0) is 50.5 Å². The van der Waals surface area contributed by atoms with Gasteiger partial charge in [0.25, 0.3) is 0 Å². The second-order valence-electron chi connectivity index (χ2n) is 10.5. The van der Waals surface area contributed by atoms with Gasteiger partial charge in [0.2, 0.25) is 17.7 Å². The molecule has 2 N–H and O–H groups in total. The molecule has 1 unspecified atom stereocenters. The SMILES string of the molecule is CCOC(=O)[C@H](CC(=O)NC1CCCN(C(=O)CCC2CCN(C(=O)OCc3ccccc3)CC2)C1)NC(C)=O. The van der Waals surface area contributed by atoms with E-state index in [1.165, 1.54) is 6.92 Å². The maximum Gasteiger partial charge on any atom is 0.410 e. The number of amides is 4. The van der Waals surface area contributed by atoms with Crippen molar-refractivity contribution in [3.05, 3.63) is 35.9 Å². The van der Waals surface area contributed by atoms with Crippen LogP contribution in [0.5, 0.6) is 0 Å². The topological polar surface area (TPSA) is 134 Å². The lowest BCUT2D eigenvalue weighted by atomic mass is 9.92. The van der Waals surface area contributed by atoms with E-state index in [2.05, 4.69) is 10.6 Å². The van der Waals surface area contributed by atoms with Crippen LogP contribution in [0.3, 0.4) is 0 Å². The van der Waals surface area contributed by atoms with E-state index in [1.54, 1.807) is 16.7 Å². The van der Waals surface area contributed by atoms with E-state index in [0.29, 0.717) is 38.5 Å². The summed E-state index contributed by atoms with van der Waals surface area (Å²) in [5.41, 5.74) is 0.953. The molecular formula is C29H42N4O7. The fourth-order valence-electron chi connectivity index (χ4n) is 5.18. The lowest BCUT2D eigenvalue weighted by molar-refractivity contribution is -0.148. The van der Waals surface area contributed by atoms with Gasteiger partial charge >= 0.3 is 12.1 Å². The standard InChI is InChI=1S/C29H42N4O7/c1-3-39-28(37)25(30-21(2)34)18-26(35)31-24-10-7-15-33(19-24)27(36)12-11-22-13-16-32(17-14-22)29(38)40-20-23-8-5-4-6-9-23/h4-6,8-9,22,24-25H,3,7,10-20H2,1-2H3,(H,30,34)(H,31,35)/t24?,25-/m0/s1. The largest absolute Gasteiger partial charge is 0.464 e. The number of nitrogens with zero attached hydrogens (tertiary/aromatic N) is 2. The molecule has 2 saturated heterocycles. The Balaban J connectivity index is 1.36.